The van der Waals surface area contributed by atoms with Crippen LogP contribution in [0.2, 0.25) is 0 Å². The summed E-state index contributed by atoms with van der Waals surface area (Å²) in [5.41, 5.74) is 3.76. The minimum atomic E-state index is -3.75. The molecule has 0 radical (unpaired) electrons. The van der Waals surface area contributed by atoms with Crippen molar-refractivity contribution in [3.8, 4) is 17.1 Å². The average Bonchev–Trinajstić information content (AvgIpc) is 3.48. The van der Waals surface area contributed by atoms with Crippen molar-refractivity contribution in [1.82, 2.24) is 25.2 Å². The van der Waals surface area contributed by atoms with E-state index in [9.17, 15) is 13.2 Å². The Bertz CT molecular complexity index is 1700. The molecule has 0 atom stereocenters. The van der Waals surface area contributed by atoms with Crippen LogP contribution in [0.3, 0.4) is 0 Å². The number of rotatable bonds is 11. The van der Waals surface area contributed by atoms with Crippen LogP contribution in [-0.2, 0) is 16.6 Å². The lowest BCUT2D eigenvalue weighted by atomic mass is 10.0. The normalized spacial score (nSPS) is 14.1. The molecule has 0 aliphatic carbocycles. The van der Waals surface area contributed by atoms with E-state index >= 15 is 0 Å². The zero-order valence-electron chi connectivity index (χ0n) is 24.6. The van der Waals surface area contributed by atoms with E-state index in [1.807, 2.05) is 43.3 Å². The van der Waals surface area contributed by atoms with E-state index in [-0.39, 0.29) is 16.3 Å². The minimum absolute atomic E-state index is 0.0495. The summed E-state index contributed by atoms with van der Waals surface area (Å²) in [5, 5.41) is 11.5. The summed E-state index contributed by atoms with van der Waals surface area (Å²) in [4.78, 5) is 29.4. The number of nitrogens with one attached hydrogen (secondary N) is 2. The summed E-state index contributed by atoms with van der Waals surface area (Å²) in [6, 6.07) is 17.4. The molecule has 12 heteroatoms. The van der Waals surface area contributed by atoms with Crippen molar-refractivity contribution in [2.24, 2.45) is 5.14 Å². The summed E-state index contributed by atoms with van der Waals surface area (Å²) in [6.07, 6.45) is 2.43. The number of carbonyl (C=O) groups is 1. The van der Waals surface area contributed by atoms with Crippen LogP contribution in [0, 0.1) is 0 Å². The number of pyridine rings is 1. The largest absolute Gasteiger partial charge is 0.476 e. The van der Waals surface area contributed by atoms with Crippen molar-refractivity contribution in [1.29, 1.82) is 0 Å². The number of likely N-dealkylation sites (tertiary alicyclic amines) is 1. The maximum atomic E-state index is 13.0. The van der Waals surface area contributed by atoms with E-state index in [0.29, 0.717) is 47.3 Å². The Morgan fingerprint density at radius 3 is 2.33 bits per heavy atom. The van der Waals surface area contributed by atoms with Crippen LogP contribution in [0.4, 0.5) is 5.95 Å². The Morgan fingerprint density at radius 2 is 1.67 bits per heavy atom. The van der Waals surface area contributed by atoms with Gasteiger partial charge >= 0.3 is 0 Å². The molecule has 4 N–H and O–H groups in total. The predicted octanol–water partition coefficient (Wildman–Crippen LogP) is 3.95. The zero-order chi connectivity index (χ0) is 30.6. The van der Waals surface area contributed by atoms with Crippen molar-refractivity contribution >= 4 is 32.9 Å². The smallest absolute Gasteiger partial charge is 0.251 e. The fourth-order valence-corrected chi connectivity index (χ4v) is 5.67. The predicted molar refractivity (Wildman–Crippen MR) is 166 cm³/mol. The Hall–Kier alpha value is -4.13. The molecule has 1 aliphatic rings. The summed E-state index contributed by atoms with van der Waals surface area (Å²) >= 11 is 0. The van der Waals surface area contributed by atoms with Crippen LogP contribution in [0.5, 0.6) is 5.88 Å². The number of hydrogen-bond acceptors (Lipinski definition) is 9. The maximum Gasteiger partial charge on any atom is 0.251 e. The van der Waals surface area contributed by atoms with Crippen LogP contribution in [0.15, 0.2) is 65.6 Å². The first kappa shape index (κ1) is 30.3. The topological polar surface area (TPSA) is 152 Å². The second-order valence-electron chi connectivity index (χ2n) is 11.3. The summed E-state index contributed by atoms with van der Waals surface area (Å²) < 4.78 is 28.8. The second-order valence-corrected chi connectivity index (χ2v) is 12.9. The van der Waals surface area contributed by atoms with Gasteiger partial charge in [-0.15, -0.1) is 0 Å². The number of hydrogen-bond donors (Lipinski definition) is 3. The minimum Gasteiger partial charge on any atom is -0.476 e. The van der Waals surface area contributed by atoms with Gasteiger partial charge in [0.15, 0.2) is 5.52 Å². The van der Waals surface area contributed by atoms with Crippen molar-refractivity contribution < 1.29 is 17.9 Å². The van der Waals surface area contributed by atoms with E-state index in [1.54, 1.807) is 12.1 Å². The Kier molecular flexibility index (Phi) is 8.90. The number of benzene rings is 2. The van der Waals surface area contributed by atoms with Gasteiger partial charge in [0.05, 0.1) is 22.7 Å². The molecule has 4 aromatic rings. The lowest BCUT2D eigenvalue weighted by Crippen LogP contribution is -2.50. The number of amides is 1. The number of carbonyl (C=O) groups excluding carboxylic acids is 1. The van der Waals surface area contributed by atoms with Gasteiger partial charge in [-0.2, -0.15) is 4.98 Å². The monoisotopic (exact) mass is 603 g/mol. The third kappa shape index (κ3) is 7.64. The van der Waals surface area contributed by atoms with Crippen LogP contribution >= 0.6 is 0 Å². The number of primary sulfonamides is 1. The maximum absolute atomic E-state index is 13.0. The van der Waals surface area contributed by atoms with Crippen molar-refractivity contribution in [2.75, 3.05) is 31.6 Å². The molecule has 11 nitrogen and oxygen atoms in total. The first-order valence-corrected chi connectivity index (χ1v) is 15.9. The molecule has 0 saturated carbocycles. The first-order chi connectivity index (χ1) is 20.5. The number of fused-ring (bicyclic) bond motifs is 1. The van der Waals surface area contributed by atoms with Crippen LogP contribution in [0.25, 0.3) is 22.3 Å². The molecule has 1 amide bonds. The molecule has 2 aromatic carbocycles. The molecule has 1 saturated heterocycles. The summed E-state index contributed by atoms with van der Waals surface area (Å²) in [5.74, 6) is 0.594. The Labute approximate surface area is 251 Å². The van der Waals surface area contributed by atoms with E-state index in [2.05, 4.69) is 39.3 Å². The number of ether oxygens (including phenoxy) is 1. The van der Waals surface area contributed by atoms with Gasteiger partial charge in [0.2, 0.25) is 21.9 Å². The molecule has 0 spiro atoms. The van der Waals surface area contributed by atoms with Gasteiger partial charge in [0.25, 0.3) is 5.91 Å². The Balaban J connectivity index is 1.30. The molecule has 2 aromatic heterocycles. The average molecular weight is 604 g/mol. The van der Waals surface area contributed by atoms with E-state index < -0.39 is 10.0 Å². The highest BCUT2D eigenvalue weighted by atomic mass is 32.2. The van der Waals surface area contributed by atoms with Gasteiger partial charge in [0, 0.05) is 29.8 Å². The number of sulfonamides is 1. The first-order valence-electron chi connectivity index (χ1n) is 14.3. The van der Waals surface area contributed by atoms with Gasteiger partial charge < -0.3 is 20.3 Å². The molecule has 3 heterocycles. The van der Waals surface area contributed by atoms with Gasteiger partial charge in [-0.05, 0) is 88.7 Å². The number of aromatic nitrogens is 3. The number of anilines is 1. The third-order valence-corrected chi connectivity index (χ3v) is 8.14. The van der Waals surface area contributed by atoms with Crippen LogP contribution in [0.1, 0.15) is 49.5 Å². The van der Waals surface area contributed by atoms with Gasteiger partial charge in [-0.25, -0.2) is 23.5 Å². The molecule has 0 unspecified atom stereocenters. The van der Waals surface area contributed by atoms with E-state index in [0.717, 1.165) is 30.8 Å². The molecule has 226 valence electrons. The molecule has 1 fully saturated rings. The van der Waals surface area contributed by atoms with Gasteiger partial charge in [-0.1, -0.05) is 24.3 Å². The lowest BCUT2D eigenvalue weighted by molar-refractivity contribution is 0.0894. The Morgan fingerprint density at radius 1 is 0.977 bits per heavy atom. The molecular formula is C31H37N7O4S. The van der Waals surface area contributed by atoms with Crippen LogP contribution < -0.4 is 20.5 Å². The molecule has 43 heavy (non-hydrogen) atoms. The highest BCUT2D eigenvalue weighted by Crippen LogP contribution is 2.27. The van der Waals surface area contributed by atoms with E-state index in [4.69, 9.17) is 14.9 Å². The highest BCUT2D eigenvalue weighted by Gasteiger charge is 2.26. The molecule has 1 aliphatic heterocycles. The molecule has 5 rings (SSSR count). The fourth-order valence-electron chi connectivity index (χ4n) is 5.15. The molecular weight excluding hydrogens is 566 g/mol. The highest BCUT2D eigenvalue weighted by molar-refractivity contribution is 7.89. The van der Waals surface area contributed by atoms with Crippen LogP contribution in [-0.4, -0.2) is 66.0 Å². The third-order valence-electron chi connectivity index (χ3n) is 7.21. The lowest BCUT2D eigenvalue weighted by Gasteiger charge is -2.31. The fraction of sp³-hybridized carbons (Fsp3) is 0.355. The number of nitrogens with zero attached hydrogens (tertiary/aromatic N) is 4. The van der Waals surface area contributed by atoms with Crippen molar-refractivity contribution in [3.05, 3.63) is 71.8 Å². The summed E-state index contributed by atoms with van der Waals surface area (Å²) in [7, 11) is -3.75. The standard InChI is InChI=1S/C31H37N7O4S/c1-4-42-29-27-26(35-30(36-29)33-19-21-7-13-24(14-8-21)43(32,40)41)16-15-25(34-27)22-9-11-23(12-10-22)28(39)37-31(2,3)20-38-17-5-6-18-38/h7-16H,4-6,17-20H2,1-3H3,(H,37,39)(H2,32,40,41)(H,33,35,36). The number of nitrogens with two attached hydrogens (primary N) is 1. The summed E-state index contributed by atoms with van der Waals surface area (Å²) in [6.45, 7) is 9.74. The van der Waals surface area contributed by atoms with Gasteiger partial charge in [-0.3, -0.25) is 4.79 Å². The van der Waals surface area contributed by atoms with E-state index in [1.165, 1.54) is 25.0 Å². The van der Waals surface area contributed by atoms with Crippen molar-refractivity contribution in [2.45, 2.75) is 50.6 Å². The molecule has 0 bridgehead atoms. The van der Waals surface area contributed by atoms with Gasteiger partial charge in [0.1, 0.15) is 0 Å². The zero-order valence-corrected chi connectivity index (χ0v) is 25.4. The van der Waals surface area contributed by atoms with Crippen molar-refractivity contribution in [3.63, 3.8) is 0 Å². The SMILES string of the molecule is CCOc1nc(NCc2ccc(S(N)(=O)=O)cc2)nc2ccc(-c3ccc(C(=O)NC(C)(C)CN4CCCC4)cc3)nc12. The quantitative estimate of drug-likeness (QED) is 0.231. The second kappa shape index (κ2) is 12.6.